The Labute approximate surface area is 168 Å². The summed E-state index contributed by atoms with van der Waals surface area (Å²) in [6, 6.07) is 4.75. The van der Waals surface area contributed by atoms with Crippen LogP contribution in [-0.2, 0) is 14.8 Å². The molecule has 0 saturated carbocycles. The molecule has 1 aliphatic rings. The fourth-order valence-electron chi connectivity index (χ4n) is 3.35. The molecule has 0 spiro atoms. The highest BCUT2D eigenvalue weighted by molar-refractivity contribution is 7.89. The molecule has 1 atom stereocenters. The van der Waals surface area contributed by atoms with Crippen molar-refractivity contribution in [3.63, 3.8) is 0 Å². The van der Waals surface area contributed by atoms with Crippen LogP contribution in [0.2, 0.25) is 0 Å². The predicted molar refractivity (Wildman–Crippen MR) is 111 cm³/mol. The number of carbonyl (C=O) groups excluding carboxylic acids is 1. The number of likely N-dealkylation sites (tertiary alicyclic amines) is 1. The number of carbonyl (C=O) groups is 1. The minimum Gasteiger partial charge on any atom is -0.495 e. The second-order valence-corrected chi connectivity index (χ2v) is 9.00. The number of rotatable bonds is 9. The fraction of sp³-hybridized carbons (Fsp3) is 0.550. The molecule has 28 heavy (non-hydrogen) atoms. The first-order chi connectivity index (χ1) is 13.4. The Morgan fingerprint density at radius 3 is 2.86 bits per heavy atom. The molecule has 2 rings (SSSR count). The van der Waals surface area contributed by atoms with Crippen LogP contribution < -0.4 is 14.8 Å². The van der Waals surface area contributed by atoms with E-state index >= 15 is 0 Å². The van der Waals surface area contributed by atoms with Crippen molar-refractivity contribution in [2.45, 2.75) is 31.1 Å². The van der Waals surface area contributed by atoms with Gasteiger partial charge in [-0.25, -0.2) is 13.1 Å². The molecule has 156 valence electrons. The summed E-state index contributed by atoms with van der Waals surface area (Å²) in [6.45, 7) is 6.19. The zero-order valence-corrected chi connectivity index (χ0v) is 17.7. The van der Waals surface area contributed by atoms with Gasteiger partial charge in [-0.2, -0.15) is 0 Å². The monoisotopic (exact) mass is 409 g/mol. The number of ether oxygens (including phenoxy) is 1. The summed E-state index contributed by atoms with van der Waals surface area (Å²) in [5.41, 5.74) is 0.604. The highest BCUT2D eigenvalue weighted by atomic mass is 32.2. The first-order valence-electron chi connectivity index (χ1n) is 9.65. The van der Waals surface area contributed by atoms with Gasteiger partial charge in [0.2, 0.25) is 15.9 Å². The van der Waals surface area contributed by atoms with E-state index in [1.54, 1.807) is 18.2 Å². The topological polar surface area (TPSA) is 87.7 Å². The number of amides is 1. The van der Waals surface area contributed by atoms with E-state index in [0.717, 1.165) is 32.0 Å². The molecular weight excluding hydrogens is 378 g/mol. The number of benzene rings is 1. The Morgan fingerprint density at radius 2 is 2.18 bits per heavy atom. The van der Waals surface area contributed by atoms with Crippen LogP contribution in [0.4, 0.5) is 0 Å². The number of nitrogens with one attached hydrogen (secondary N) is 2. The fourth-order valence-corrected chi connectivity index (χ4v) is 4.28. The Morgan fingerprint density at radius 1 is 1.39 bits per heavy atom. The summed E-state index contributed by atoms with van der Waals surface area (Å²) >= 11 is 0. The highest BCUT2D eigenvalue weighted by Gasteiger charge is 2.18. The van der Waals surface area contributed by atoms with E-state index < -0.39 is 10.0 Å². The van der Waals surface area contributed by atoms with Crippen molar-refractivity contribution >= 4 is 22.0 Å². The smallest absolute Gasteiger partial charge is 0.244 e. The van der Waals surface area contributed by atoms with Crippen LogP contribution in [0, 0.1) is 5.92 Å². The normalized spacial score (nSPS) is 18.3. The van der Waals surface area contributed by atoms with Crippen molar-refractivity contribution in [1.82, 2.24) is 14.9 Å². The maximum absolute atomic E-state index is 12.1. The van der Waals surface area contributed by atoms with Crippen molar-refractivity contribution in [3.8, 4) is 5.75 Å². The molecule has 8 heteroatoms. The van der Waals surface area contributed by atoms with Gasteiger partial charge in [-0.05, 0) is 69.1 Å². The molecule has 1 amide bonds. The zero-order valence-electron chi connectivity index (χ0n) is 16.9. The van der Waals surface area contributed by atoms with Crippen molar-refractivity contribution in [3.05, 3.63) is 29.8 Å². The summed E-state index contributed by atoms with van der Waals surface area (Å²) < 4.78 is 31.6. The average Bonchev–Trinajstić information content (AvgIpc) is 2.69. The van der Waals surface area contributed by atoms with Gasteiger partial charge in [0.15, 0.2) is 0 Å². The second-order valence-electron chi connectivity index (χ2n) is 7.14. The molecule has 0 bridgehead atoms. The molecule has 0 aliphatic carbocycles. The standard InChI is InChI=1S/C20H31N3O4S/c1-16-6-4-12-23(15-16)13-5-11-22-20(24)10-8-17-7-9-18(27-3)19(14-17)28(25,26)21-2/h7-10,14,16,21H,4-6,11-13,15H2,1-3H3,(H,22,24)/b10-8+. The van der Waals surface area contributed by atoms with Gasteiger partial charge < -0.3 is 15.0 Å². The van der Waals surface area contributed by atoms with Crippen LogP contribution >= 0.6 is 0 Å². The molecule has 0 radical (unpaired) electrons. The number of sulfonamides is 1. The SMILES string of the molecule is CNS(=O)(=O)c1cc(/C=C/C(=O)NCCCN2CCCC(C)C2)ccc1OC. The molecule has 1 aromatic carbocycles. The van der Waals surface area contributed by atoms with Crippen LogP contribution in [-0.4, -0.2) is 59.6 Å². The molecule has 0 aromatic heterocycles. The van der Waals surface area contributed by atoms with Crippen LogP contribution in [0.1, 0.15) is 31.7 Å². The quantitative estimate of drug-likeness (QED) is 0.480. The Hall–Kier alpha value is -1.90. The number of hydrogen-bond donors (Lipinski definition) is 2. The predicted octanol–water partition coefficient (Wildman–Crippen LogP) is 1.85. The lowest BCUT2D eigenvalue weighted by atomic mass is 10.0. The third kappa shape index (κ3) is 6.61. The molecule has 1 heterocycles. The minimum absolute atomic E-state index is 0.0378. The summed E-state index contributed by atoms with van der Waals surface area (Å²) in [7, 11) is -0.892. The number of hydrogen-bond acceptors (Lipinski definition) is 5. The summed E-state index contributed by atoms with van der Waals surface area (Å²) in [5.74, 6) is 0.816. The highest BCUT2D eigenvalue weighted by Crippen LogP contribution is 2.25. The van der Waals surface area contributed by atoms with Crippen molar-refractivity contribution in [2.75, 3.05) is 40.3 Å². The van der Waals surface area contributed by atoms with Crippen LogP contribution in [0.3, 0.4) is 0 Å². The Kier molecular flexibility index (Phi) is 8.47. The molecule has 1 aliphatic heterocycles. The lowest BCUT2D eigenvalue weighted by Crippen LogP contribution is -2.36. The van der Waals surface area contributed by atoms with E-state index in [0.29, 0.717) is 12.1 Å². The van der Waals surface area contributed by atoms with Gasteiger partial charge in [0.25, 0.3) is 0 Å². The molecular formula is C20H31N3O4S. The van der Waals surface area contributed by atoms with Gasteiger partial charge >= 0.3 is 0 Å². The molecule has 1 aromatic rings. The van der Waals surface area contributed by atoms with Crippen molar-refractivity contribution in [1.29, 1.82) is 0 Å². The average molecular weight is 410 g/mol. The maximum Gasteiger partial charge on any atom is 0.244 e. The molecule has 1 fully saturated rings. The lowest BCUT2D eigenvalue weighted by Gasteiger charge is -2.30. The van der Waals surface area contributed by atoms with Gasteiger partial charge in [-0.3, -0.25) is 4.79 Å². The molecule has 7 nitrogen and oxygen atoms in total. The van der Waals surface area contributed by atoms with Gasteiger partial charge in [0, 0.05) is 19.2 Å². The summed E-state index contributed by atoms with van der Waals surface area (Å²) in [6.07, 6.45) is 6.49. The van der Waals surface area contributed by atoms with E-state index in [1.165, 1.54) is 39.1 Å². The maximum atomic E-state index is 12.1. The Balaban J connectivity index is 1.85. The van der Waals surface area contributed by atoms with Gasteiger partial charge in [0.1, 0.15) is 10.6 Å². The second kappa shape index (κ2) is 10.6. The third-order valence-electron chi connectivity index (χ3n) is 4.86. The third-order valence-corrected chi connectivity index (χ3v) is 6.30. The number of piperidine rings is 1. The van der Waals surface area contributed by atoms with Gasteiger partial charge in [0.05, 0.1) is 7.11 Å². The van der Waals surface area contributed by atoms with Crippen molar-refractivity contribution in [2.24, 2.45) is 5.92 Å². The first-order valence-corrected chi connectivity index (χ1v) is 11.1. The van der Waals surface area contributed by atoms with E-state index in [9.17, 15) is 13.2 Å². The first kappa shape index (κ1) is 22.4. The van der Waals surface area contributed by atoms with E-state index in [-0.39, 0.29) is 16.6 Å². The van der Waals surface area contributed by atoms with Gasteiger partial charge in [-0.1, -0.05) is 13.0 Å². The molecule has 1 unspecified atom stereocenters. The van der Waals surface area contributed by atoms with Crippen LogP contribution in [0.5, 0.6) is 5.75 Å². The minimum atomic E-state index is -3.65. The van der Waals surface area contributed by atoms with E-state index in [4.69, 9.17) is 4.74 Å². The molecule has 2 N–H and O–H groups in total. The largest absolute Gasteiger partial charge is 0.495 e. The summed E-state index contributed by atoms with van der Waals surface area (Å²) in [5, 5.41) is 2.87. The summed E-state index contributed by atoms with van der Waals surface area (Å²) in [4.78, 5) is 14.5. The Bertz CT molecular complexity index is 793. The van der Waals surface area contributed by atoms with E-state index in [2.05, 4.69) is 21.9 Å². The lowest BCUT2D eigenvalue weighted by molar-refractivity contribution is -0.116. The van der Waals surface area contributed by atoms with Crippen LogP contribution in [0.25, 0.3) is 6.08 Å². The van der Waals surface area contributed by atoms with Crippen LogP contribution in [0.15, 0.2) is 29.2 Å². The zero-order chi connectivity index (χ0) is 20.6. The molecule has 1 saturated heterocycles. The number of methoxy groups -OCH3 is 1. The van der Waals surface area contributed by atoms with Gasteiger partial charge in [-0.15, -0.1) is 0 Å². The van der Waals surface area contributed by atoms with E-state index in [1.807, 2.05) is 0 Å². The van der Waals surface area contributed by atoms with Crippen molar-refractivity contribution < 1.29 is 17.9 Å². The number of nitrogens with zero attached hydrogens (tertiary/aromatic N) is 1.